The SMILES string of the molecule is CNCC(O)CS(=O)Cc1cccc(C)c1. The van der Waals surface area contributed by atoms with Crippen molar-refractivity contribution in [2.24, 2.45) is 0 Å². The Hall–Kier alpha value is -0.710. The van der Waals surface area contributed by atoms with Crippen molar-refractivity contribution in [3.05, 3.63) is 35.4 Å². The van der Waals surface area contributed by atoms with Crippen molar-refractivity contribution in [1.82, 2.24) is 5.32 Å². The number of aryl methyl sites for hydroxylation is 1. The molecule has 0 radical (unpaired) electrons. The summed E-state index contributed by atoms with van der Waals surface area (Å²) in [7, 11) is 0.770. The average Bonchev–Trinajstić information content (AvgIpc) is 2.17. The maximum Gasteiger partial charge on any atom is 0.0779 e. The van der Waals surface area contributed by atoms with Crippen LogP contribution in [0.2, 0.25) is 0 Å². The van der Waals surface area contributed by atoms with Crippen molar-refractivity contribution < 1.29 is 9.32 Å². The molecule has 0 aliphatic heterocycles. The molecule has 0 saturated heterocycles. The number of nitrogens with one attached hydrogen (secondary N) is 1. The number of hydrogen-bond donors (Lipinski definition) is 2. The lowest BCUT2D eigenvalue weighted by Crippen LogP contribution is -2.28. The van der Waals surface area contributed by atoms with Gasteiger partial charge >= 0.3 is 0 Å². The van der Waals surface area contributed by atoms with Gasteiger partial charge in [-0.2, -0.15) is 0 Å². The van der Waals surface area contributed by atoms with Crippen LogP contribution in [0.15, 0.2) is 24.3 Å². The number of hydrogen-bond acceptors (Lipinski definition) is 3. The van der Waals surface area contributed by atoms with E-state index in [1.807, 2.05) is 31.2 Å². The Morgan fingerprint density at radius 2 is 2.25 bits per heavy atom. The maximum atomic E-state index is 11.7. The first-order valence-corrected chi connectivity index (χ1v) is 6.84. The van der Waals surface area contributed by atoms with Crippen LogP contribution in [-0.4, -0.2) is 34.8 Å². The summed E-state index contributed by atoms with van der Waals surface area (Å²) in [5, 5.41) is 12.4. The zero-order valence-corrected chi connectivity index (χ0v) is 10.6. The summed E-state index contributed by atoms with van der Waals surface area (Å²) in [5.74, 6) is 0.844. The van der Waals surface area contributed by atoms with E-state index in [1.54, 1.807) is 7.05 Å². The van der Waals surface area contributed by atoms with Gasteiger partial charge < -0.3 is 10.4 Å². The third kappa shape index (κ3) is 4.88. The number of rotatable bonds is 6. The summed E-state index contributed by atoms with van der Waals surface area (Å²) in [6, 6.07) is 7.98. The molecule has 0 aliphatic carbocycles. The van der Waals surface area contributed by atoms with E-state index in [0.717, 1.165) is 5.56 Å². The first-order valence-electron chi connectivity index (χ1n) is 5.35. The number of benzene rings is 1. The quantitative estimate of drug-likeness (QED) is 0.775. The van der Waals surface area contributed by atoms with Crippen LogP contribution < -0.4 is 5.32 Å². The van der Waals surface area contributed by atoms with Crippen molar-refractivity contribution in [3.63, 3.8) is 0 Å². The molecule has 1 aromatic rings. The molecule has 0 saturated carbocycles. The van der Waals surface area contributed by atoms with Gasteiger partial charge in [-0.15, -0.1) is 0 Å². The van der Waals surface area contributed by atoms with Crippen LogP contribution >= 0.6 is 0 Å². The fourth-order valence-electron chi connectivity index (χ4n) is 1.56. The van der Waals surface area contributed by atoms with E-state index in [4.69, 9.17) is 0 Å². The Morgan fingerprint density at radius 3 is 2.88 bits per heavy atom. The molecule has 0 aliphatic rings. The lowest BCUT2D eigenvalue weighted by molar-refractivity contribution is 0.198. The summed E-state index contributed by atoms with van der Waals surface area (Å²) in [4.78, 5) is 0. The van der Waals surface area contributed by atoms with E-state index in [9.17, 15) is 9.32 Å². The van der Waals surface area contributed by atoms with E-state index in [1.165, 1.54) is 5.56 Å². The molecule has 0 amide bonds. The second kappa shape index (κ2) is 6.78. The predicted molar refractivity (Wildman–Crippen MR) is 67.8 cm³/mol. The van der Waals surface area contributed by atoms with Crippen LogP contribution in [0.5, 0.6) is 0 Å². The molecule has 1 aromatic carbocycles. The highest BCUT2D eigenvalue weighted by molar-refractivity contribution is 7.84. The second-order valence-corrected chi connectivity index (χ2v) is 5.45. The molecular formula is C12H19NO2S. The Morgan fingerprint density at radius 1 is 1.50 bits per heavy atom. The normalized spacial score (nSPS) is 14.7. The maximum absolute atomic E-state index is 11.7. The minimum Gasteiger partial charge on any atom is -0.391 e. The zero-order chi connectivity index (χ0) is 12.0. The molecule has 90 valence electrons. The summed E-state index contributed by atoms with van der Waals surface area (Å²) in [5.41, 5.74) is 2.24. The van der Waals surface area contributed by atoms with Gasteiger partial charge in [-0.25, -0.2) is 0 Å². The summed E-state index contributed by atoms with van der Waals surface area (Å²) in [6.07, 6.45) is -0.532. The molecule has 2 N–H and O–H groups in total. The average molecular weight is 241 g/mol. The Balaban J connectivity index is 2.45. The van der Waals surface area contributed by atoms with Crippen LogP contribution in [0.4, 0.5) is 0 Å². The summed E-state index contributed by atoms with van der Waals surface area (Å²) in [6.45, 7) is 2.50. The molecule has 0 aromatic heterocycles. The van der Waals surface area contributed by atoms with Crippen LogP contribution in [0, 0.1) is 6.92 Å². The number of likely N-dealkylation sites (N-methyl/N-ethyl adjacent to an activating group) is 1. The van der Waals surface area contributed by atoms with E-state index in [0.29, 0.717) is 18.1 Å². The lowest BCUT2D eigenvalue weighted by Gasteiger charge is -2.09. The monoisotopic (exact) mass is 241 g/mol. The minimum atomic E-state index is -1.00. The van der Waals surface area contributed by atoms with Crippen molar-refractivity contribution >= 4 is 10.8 Å². The molecule has 0 fully saturated rings. The van der Waals surface area contributed by atoms with Gasteiger partial charge in [0.1, 0.15) is 0 Å². The fourth-order valence-corrected chi connectivity index (χ4v) is 2.77. The molecule has 0 heterocycles. The van der Waals surface area contributed by atoms with Crippen molar-refractivity contribution in [2.45, 2.75) is 18.8 Å². The van der Waals surface area contributed by atoms with Gasteiger partial charge in [0.2, 0.25) is 0 Å². The fraction of sp³-hybridized carbons (Fsp3) is 0.500. The molecule has 2 atom stereocenters. The largest absolute Gasteiger partial charge is 0.391 e. The molecule has 0 spiro atoms. The van der Waals surface area contributed by atoms with Crippen LogP contribution in [-0.2, 0) is 16.6 Å². The van der Waals surface area contributed by atoms with Gasteiger partial charge in [-0.05, 0) is 19.5 Å². The van der Waals surface area contributed by atoms with Crippen molar-refractivity contribution in [2.75, 3.05) is 19.3 Å². The predicted octanol–water partition coefficient (Wildman–Crippen LogP) is 0.824. The third-order valence-corrected chi connectivity index (χ3v) is 3.64. The van der Waals surface area contributed by atoms with Gasteiger partial charge in [-0.3, -0.25) is 4.21 Å². The van der Waals surface area contributed by atoms with Gasteiger partial charge in [0.25, 0.3) is 0 Å². The van der Waals surface area contributed by atoms with Gasteiger partial charge in [0.15, 0.2) is 0 Å². The first-order chi connectivity index (χ1) is 7.61. The molecule has 1 rings (SSSR count). The molecule has 2 unspecified atom stereocenters. The first kappa shape index (κ1) is 13.4. The van der Waals surface area contributed by atoms with Crippen molar-refractivity contribution in [1.29, 1.82) is 0 Å². The van der Waals surface area contributed by atoms with Gasteiger partial charge in [0.05, 0.1) is 11.9 Å². The summed E-state index contributed by atoms with van der Waals surface area (Å²) >= 11 is 0. The standard InChI is InChI=1S/C12H19NO2S/c1-10-4-3-5-11(6-10)8-16(15)9-12(14)7-13-2/h3-6,12-14H,7-9H2,1-2H3. The molecule has 0 bridgehead atoms. The zero-order valence-electron chi connectivity index (χ0n) is 9.77. The van der Waals surface area contributed by atoms with E-state index in [-0.39, 0.29) is 0 Å². The van der Waals surface area contributed by atoms with E-state index in [2.05, 4.69) is 5.32 Å². The van der Waals surface area contributed by atoms with E-state index >= 15 is 0 Å². The van der Waals surface area contributed by atoms with Crippen LogP contribution in [0.1, 0.15) is 11.1 Å². The third-order valence-electron chi connectivity index (χ3n) is 2.23. The topological polar surface area (TPSA) is 49.3 Å². The Bertz CT molecular complexity index is 355. The minimum absolute atomic E-state index is 0.328. The Labute approximate surface area is 99.3 Å². The van der Waals surface area contributed by atoms with Gasteiger partial charge in [-0.1, -0.05) is 29.8 Å². The van der Waals surface area contributed by atoms with Crippen molar-refractivity contribution in [3.8, 4) is 0 Å². The Kier molecular flexibility index (Phi) is 5.66. The smallest absolute Gasteiger partial charge is 0.0779 e. The van der Waals surface area contributed by atoms with Gasteiger partial charge in [0, 0.05) is 23.1 Å². The van der Waals surface area contributed by atoms with Crippen LogP contribution in [0.3, 0.4) is 0 Å². The molecule has 3 nitrogen and oxygen atoms in total. The number of aliphatic hydroxyl groups excluding tert-OH is 1. The van der Waals surface area contributed by atoms with Crippen LogP contribution in [0.25, 0.3) is 0 Å². The summed E-state index contributed by atoms with van der Waals surface area (Å²) < 4.78 is 11.7. The molecular weight excluding hydrogens is 222 g/mol. The highest BCUT2D eigenvalue weighted by atomic mass is 32.2. The number of aliphatic hydroxyl groups is 1. The van der Waals surface area contributed by atoms with E-state index < -0.39 is 16.9 Å². The lowest BCUT2D eigenvalue weighted by atomic mass is 10.2. The highest BCUT2D eigenvalue weighted by Gasteiger charge is 2.09. The molecule has 16 heavy (non-hydrogen) atoms. The molecule has 4 heteroatoms. The second-order valence-electron chi connectivity index (χ2n) is 3.95. The highest BCUT2D eigenvalue weighted by Crippen LogP contribution is 2.07.